The number of hydrogen-bond donors (Lipinski definition) is 1. The lowest BCUT2D eigenvalue weighted by Crippen LogP contribution is -2.26. The monoisotopic (exact) mass is 179 g/mol. The van der Waals surface area contributed by atoms with Crippen LogP contribution in [0.15, 0.2) is 12.3 Å². The lowest BCUT2D eigenvalue weighted by Gasteiger charge is -2.20. The summed E-state index contributed by atoms with van der Waals surface area (Å²) in [4.78, 5) is 0. The van der Waals surface area contributed by atoms with E-state index in [1.807, 2.05) is 4.68 Å². The predicted octanol–water partition coefficient (Wildman–Crippen LogP) is 1.37. The quantitative estimate of drug-likeness (QED) is 0.743. The number of piperidine rings is 1. The topological polar surface area (TPSA) is 29.9 Å². The second-order valence-corrected chi connectivity index (χ2v) is 3.62. The SMILES string of the molecule is CCn1ccc(C2CCNCC2)n1. The van der Waals surface area contributed by atoms with Gasteiger partial charge < -0.3 is 5.32 Å². The summed E-state index contributed by atoms with van der Waals surface area (Å²) in [6.07, 6.45) is 4.55. The minimum atomic E-state index is 0.689. The minimum absolute atomic E-state index is 0.689. The van der Waals surface area contributed by atoms with Gasteiger partial charge in [-0.3, -0.25) is 4.68 Å². The van der Waals surface area contributed by atoms with E-state index in [9.17, 15) is 0 Å². The van der Waals surface area contributed by atoms with Crippen LogP contribution >= 0.6 is 0 Å². The molecule has 0 amide bonds. The molecule has 3 nitrogen and oxygen atoms in total. The standard InChI is InChI=1S/C10H17N3/c1-2-13-8-5-10(12-13)9-3-6-11-7-4-9/h5,8-9,11H,2-4,6-7H2,1H3. The fourth-order valence-corrected chi connectivity index (χ4v) is 1.89. The highest BCUT2D eigenvalue weighted by Crippen LogP contribution is 2.22. The average Bonchev–Trinajstić information content (AvgIpc) is 2.67. The number of aromatic nitrogens is 2. The van der Waals surface area contributed by atoms with Gasteiger partial charge in [-0.15, -0.1) is 0 Å². The van der Waals surface area contributed by atoms with Crippen LogP contribution in [0, 0.1) is 0 Å². The molecule has 2 heterocycles. The number of hydrogen-bond acceptors (Lipinski definition) is 2. The summed E-state index contributed by atoms with van der Waals surface area (Å²) in [5.41, 5.74) is 1.28. The lowest BCUT2D eigenvalue weighted by atomic mass is 9.95. The van der Waals surface area contributed by atoms with E-state index in [-0.39, 0.29) is 0 Å². The minimum Gasteiger partial charge on any atom is -0.317 e. The Morgan fingerprint density at radius 3 is 2.92 bits per heavy atom. The van der Waals surface area contributed by atoms with Crippen LogP contribution in [0.4, 0.5) is 0 Å². The Balaban J connectivity index is 2.05. The van der Waals surface area contributed by atoms with Crippen molar-refractivity contribution in [3.05, 3.63) is 18.0 Å². The van der Waals surface area contributed by atoms with Crippen LogP contribution in [0.25, 0.3) is 0 Å². The maximum Gasteiger partial charge on any atom is 0.0656 e. The summed E-state index contributed by atoms with van der Waals surface area (Å²) in [7, 11) is 0. The van der Waals surface area contributed by atoms with Gasteiger partial charge in [-0.25, -0.2) is 0 Å². The van der Waals surface area contributed by atoms with Crippen molar-refractivity contribution >= 4 is 0 Å². The molecule has 0 radical (unpaired) electrons. The van der Waals surface area contributed by atoms with Gasteiger partial charge in [0.1, 0.15) is 0 Å². The van der Waals surface area contributed by atoms with Crippen LogP contribution in [0.3, 0.4) is 0 Å². The molecular weight excluding hydrogens is 162 g/mol. The fourth-order valence-electron chi connectivity index (χ4n) is 1.89. The first kappa shape index (κ1) is 8.75. The predicted molar refractivity (Wildman–Crippen MR) is 52.7 cm³/mol. The first-order valence-corrected chi connectivity index (χ1v) is 5.14. The molecule has 0 atom stereocenters. The highest BCUT2D eigenvalue weighted by atomic mass is 15.3. The van der Waals surface area contributed by atoms with E-state index in [2.05, 4.69) is 29.6 Å². The van der Waals surface area contributed by atoms with Crippen molar-refractivity contribution < 1.29 is 0 Å². The summed E-state index contributed by atoms with van der Waals surface area (Å²) in [5, 5.41) is 7.91. The molecular formula is C10H17N3. The van der Waals surface area contributed by atoms with Crippen LogP contribution in [-0.2, 0) is 6.54 Å². The molecule has 72 valence electrons. The van der Waals surface area contributed by atoms with Crippen molar-refractivity contribution in [1.29, 1.82) is 0 Å². The molecule has 1 aromatic heterocycles. The van der Waals surface area contributed by atoms with Crippen LogP contribution in [-0.4, -0.2) is 22.9 Å². The summed E-state index contributed by atoms with van der Waals surface area (Å²) in [6, 6.07) is 2.17. The average molecular weight is 179 g/mol. The lowest BCUT2D eigenvalue weighted by molar-refractivity contribution is 0.448. The van der Waals surface area contributed by atoms with Gasteiger partial charge in [0.15, 0.2) is 0 Å². The molecule has 0 spiro atoms. The number of nitrogens with zero attached hydrogens (tertiary/aromatic N) is 2. The zero-order valence-corrected chi connectivity index (χ0v) is 8.16. The molecule has 3 heteroatoms. The molecule has 0 aromatic carbocycles. The molecule has 13 heavy (non-hydrogen) atoms. The second-order valence-electron chi connectivity index (χ2n) is 3.62. The zero-order chi connectivity index (χ0) is 9.10. The smallest absolute Gasteiger partial charge is 0.0656 e. The van der Waals surface area contributed by atoms with Gasteiger partial charge in [0.2, 0.25) is 0 Å². The van der Waals surface area contributed by atoms with Crippen molar-refractivity contribution in [1.82, 2.24) is 15.1 Å². The van der Waals surface area contributed by atoms with E-state index < -0.39 is 0 Å². The Morgan fingerprint density at radius 2 is 2.31 bits per heavy atom. The Hall–Kier alpha value is -0.830. The van der Waals surface area contributed by atoms with Crippen LogP contribution in [0.5, 0.6) is 0 Å². The van der Waals surface area contributed by atoms with E-state index in [4.69, 9.17) is 0 Å². The van der Waals surface area contributed by atoms with Gasteiger partial charge in [-0.2, -0.15) is 5.10 Å². The first-order valence-electron chi connectivity index (χ1n) is 5.14. The molecule has 0 unspecified atom stereocenters. The molecule has 1 fully saturated rings. The van der Waals surface area contributed by atoms with Crippen molar-refractivity contribution in [2.75, 3.05) is 13.1 Å². The molecule has 1 saturated heterocycles. The maximum absolute atomic E-state index is 4.54. The summed E-state index contributed by atoms with van der Waals surface area (Å²) < 4.78 is 2.01. The number of nitrogens with one attached hydrogen (secondary N) is 1. The Bertz CT molecular complexity index is 261. The third-order valence-electron chi connectivity index (χ3n) is 2.74. The van der Waals surface area contributed by atoms with E-state index in [0.717, 1.165) is 19.6 Å². The van der Waals surface area contributed by atoms with Gasteiger partial charge in [0, 0.05) is 18.7 Å². The van der Waals surface area contributed by atoms with Crippen molar-refractivity contribution in [2.45, 2.75) is 32.2 Å². The highest BCUT2D eigenvalue weighted by Gasteiger charge is 2.16. The van der Waals surface area contributed by atoms with E-state index in [1.54, 1.807) is 0 Å². The number of rotatable bonds is 2. The summed E-state index contributed by atoms with van der Waals surface area (Å²) in [5.74, 6) is 0.689. The Kier molecular flexibility index (Phi) is 2.64. The van der Waals surface area contributed by atoms with Crippen LogP contribution in [0.2, 0.25) is 0 Å². The highest BCUT2D eigenvalue weighted by molar-refractivity contribution is 5.07. The van der Waals surface area contributed by atoms with Gasteiger partial charge >= 0.3 is 0 Å². The summed E-state index contributed by atoms with van der Waals surface area (Å²) in [6.45, 7) is 5.39. The van der Waals surface area contributed by atoms with Gasteiger partial charge in [0.25, 0.3) is 0 Å². The van der Waals surface area contributed by atoms with E-state index in [0.29, 0.717) is 5.92 Å². The Labute approximate surface area is 79.1 Å². The zero-order valence-electron chi connectivity index (χ0n) is 8.16. The second kappa shape index (κ2) is 3.92. The maximum atomic E-state index is 4.54. The largest absolute Gasteiger partial charge is 0.317 e. The van der Waals surface area contributed by atoms with Gasteiger partial charge in [-0.1, -0.05) is 0 Å². The first-order chi connectivity index (χ1) is 6.40. The molecule has 1 aliphatic heterocycles. The van der Waals surface area contributed by atoms with Crippen molar-refractivity contribution in [3.8, 4) is 0 Å². The molecule has 2 rings (SSSR count). The third-order valence-corrected chi connectivity index (χ3v) is 2.74. The van der Waals surface area contributed by atoms with Gasteiger partial charge in [-0.05, 0) is 38.9 Å². The van der Waals surface area contributed by atoms with Crippen molar-refractivity contribution in [3.63, 3.8) is 0 Å². The third kappa shape index (κ3) is 1.91. The molecule has 1 N–H and O–H groups in total. The summed E-state index contributed by atoms with van der Waals surface area (Å²) >= 11 is 0. The van der Waals surface area contributed by atoms with E-state index >= 15 is 0 Å². The molecule has 1 aromatic rings. The van der Waals surface area contributed by atoms with Gasteiger partial charge in [0.05, 0.1) is 5.69 Å². The van der Waals surface area contributed by atoms with Crippen molar-refractivity contribution in [2.24, 2.45) is 0 Å². The van der Waals surface area contributed by atoms with Crippen LogP contribution < -0.4 is 5.32 Å². The molecule has 0 saturated carbocycles. The molecule has 0 aliphatic carbocycles. The molecule has 0 bridgehead atoms. The number of aryl methyl sites for hydroxylation is 1. The molecule has 1 aliphatic rings. The Morgan fingerprint density at radius 1 is 1.54 bits per heavy atom. The normalized spacial score (nSPS) is 19.2. The van der Waals surface area contributed by atoms with Crippen LogP contribution in [0.1, 0.15) is 31.4 Å². The van der Waals surface area contributed by atoms with E-state index in [1.165, 1.54) is 18.5 Å². The fraction of sp³-hybridized carbons (Fsp3) is 0.700.